The van der Waals surface area contributed by atoms with Crippen molar-refractivity contribution < 1.29 is 18.7 Å². The highest BCUT2D eigenvalue weighted by Crippen LogP contribution is 2.34. The number of benzene rings is 2. The summed E-state index contributed by atoms with van der Waals surface area (Å²) in [7, 11) is 1.52. The van der Waals surface area contributed by atoms with Gasteiger partial charge in [0.2, 0.25) is 5.91 Å². The van der Waals surface area contributed by atoms with E-state index in [2.05, 4.69) is 22.4 Å². The van der Waals surface area contributed by atoms with Crippen LogP contribution >= 0.6 is 23.4 Å². The summed E-state index contributed by atoms with van der Waals surface area (Å²) in [5, 5.41) is 3.77. The van der Waals surface area contributed by atoms with Crippen molar-refractivity contribution in [2.24, 2.45) is 4.99 Å². The Morgan fingerprint density at radius 2 is 2.03 bits per heavy atom. The maximum absolute atomic E-state index is 13.3. The van der Waals surface area contributed by atoms with Gasteiger partial charge in [0.1, 0.15) is 17.2 Å². The highest BCUT2D eigenvalue weighted by atomic mass is 35.5. The van der Waals surface area contributed by atoms with Gasteiger partial charge < -0.3 is 14.5 Å². The number of hydrogen-bond acceptors (Lipinski definition) is 6. The van der Waals surface area contributed by atoms with Crippen molar-refractivity contribution in [1.29, 1.82) is 0 Å². The van der Waals surface area contributed by atoms with Crippen LogP contribution < -0.4 is 15.0 Å². The molecule has 7 nitrogen and oxygen atoms in total. The summed E-state index contributed by atoms with van der Waals surface area (Å²) in [5.41, 5.74) is 1.96. The third kappa shape index (κ3) is 6.38. The van der Waals surface area contributed by atoms with E-state index in [-0.39, 0.29) is 29.3 Å². The molecule has 2 amide bonds. The first-order chi connectivity index (χ1) is 17.4. The molecule has 4 rings (SSSR count). The molecule has 3 aromatic rings. The molecule has 1 unspecified atom stereocenters. The predicted octanol–water partition coefficient (Wildman–Crippen LogP) is 5.56. The number of carbonyl (C=O) groups excluding carboxylic acids is 2. The van der Waals surface area contributed by atoms with Crippen LogP contribution in [0.4, 0.5) is 5.69 Å². The number of anilines is 1. The van der Waals surface area contributed by atoms with Gasteiger partial charge >= 0.3 is 0 Å². The van der Waals surface area contributed by atoms with E-state index >= 15 is 0 Å². The van der Waals surface area contributed by atoms with Crippen molar-refractivity contribution >= 4 is 52.1 Å². The number of nitrogens with one attached hydrogen (secondary N) is 1. The fourth-order valence-electron chi connectivity index (χ4n) is 3.67. The van der Waals surface area contributed by atoms with Crippen molar-refractivity contribution in [2.45, 2.75) is 25.8 Å². The smallest absolute Gasteiger partial charge is 0.283 e. The molecule has 0 spiro atoms. The van der Waals surface area contributed by atoms with Crippen LogP contribution in [0.15, 0.2) is 82.0 Å². The third-order valence-corrected chi connectivity index (χ3v) is 6.73. The van der Waals surface area contributed by atoms with Crippen LogP contribution in [0.5, 0.6) is 5.75 Å². The molecule has 0 bridgehead atoms. The highest BCUT2D eigenvalue weighted by Gasteiger charge is 2.33. The fourth-order valence-corrected chi connectivity index (χ4v) is 4.75. The number of rotatable bonds is 9. The van der Waals surface area contributed by atoms with Crippen molar-refractivity contribution in [3.63, 3.8) is 0 Å². The first kappa shape index (κ1) is 25.6. The summed E-state index contributed by atoms with van der Waals surface area (Å²) in [6.07, 6.45) is 4.80. The Morgan fingerprint density at radius 1 is 1.22 bits per heavy atom. The molecule has 2 aromatic carbocycles. The van der Waals surface area contributed by atoms with Crippen LogP contribution in [-0.4, -0.2) is 35.9 Å². The molecule has 36 heavy (non-hydrogen) atoms. The molecule has 1 aliphatic heterocycles. The lowest BCUT2D eigenvalue weighted by atomic mass is 10.1. The average Bonchev–Trinajstić information content (AvgIpc) is 3.50. The van der Waals surface area contributed by atoms with E-state index in [1.165, 1.54) is 35.6 Å². The van der Waals surface area contributed by atoms with Gasteiger partial charge in [-0.1, -0.05) is 53.7 Å². The number of carbonyl (C=O) groups is 2. The number of aliphatic imine (C=N–C) groups is 1. The zero-order valence-electron chi connectivity index (χ0n) is 19.9. The van der Waals surface area contributed by atoms with E-state index in [0.717, 1.165) is 12.8 Å². The Morgan fingerprint density at radius 3 is 2.72 bits per heavy atom. The van der Waals surface area contributed by atoms with Gasteiger partial charge in [0.05, 0.1) is 29.8 Å². The number of hydrogen-bond donors (Lipinski definition) is 1. The zero-order valence-corrected chi connectivity index (χ0v) is 21.5. The number of nitrogens with zero attached hydrogens (tertiary/aromatic N) is 2. The molecule has 0 fully saturated rings. The maximum Gasteiger partial charge on any atom is 0.283 e. The minimum Gasteiger partial charge on any atom is -0.495 e. The molecule has 1 N–H and O–H groups in total. The van der Waals surface area contributed by atoms with Crippen LogP contribution in [-0.2, 0) is 16.0 Å². The number of furan rings is 1. The van der Waals surface area contributed by atoms with E-state index in [0.29, 0.717) is 27.4 Å². The summed E-state index contributed by atoms with van der Waals surface area (Å²) < 4.78 is 10.6. The Balaban J connectivity index is 1.45. The molecule has 2 heterocycles. The number of thioether (sulfide) groups is 1. The van der Waals surface area contributed by atoms with E-state index in [9.17, 15) is 9.59 Å². The Hall–Kier alpha value is -3.49. The Labute approximate surface area is 219 Å². The summed E-state index contributed by atoms with van der Waals surface area (Å²) in [5.74, 6) is 0.633. The molecule has 0 saturated carbocycles. The van der Waals surface area contributed by atoms with Gasteiger partial charge in [-0.25, -0.2) is 4.99 Å². The Kier molecular flexibility index (Phi) is 8.51. The van der Waals surface area contributed by atoms with E-state index in [1.807, 2.05) is 25.1 Å². The topological polar surface area (TPSA) is 84.1 Å². The Bertz CT molecular complexity index is 1280. The molecule has 0 aliphatic carbocycles. The molecule has 9 heteroatoms. The van der Waals surface area contributed by atoms with Crippen LogP contribution in [0.3, 0.4) is 0 Å². The summed E-state index contributed by atoms with van der Waals surface area (Å²) in [6.45, 7) is 1.98. The number of aryl methyl sites for hydroxylation is 1. The van der Waals surface area contributed by atoms with Crippen molar-refractivity contribution in [3.8, 4) is 5.75 Å². The van der Waals surface area contributed by atoms with E-state index in [4.69, 9.17) is 20.8 Å². The molecule has 1 aliphatic rings. The van der Waals surface area contributed by atoms with Gasteiger partial charge in [0.25, 0.3) is 5.91 Å². The minimum atomic E-state index is -0.341. The minimum absolute atomic E-state index is 0.0105. The molecule has 0 radical (unpaired) electrons. The third-order valence-electron chi connectivity index (χ3n) is 5.49. The van der Waals surface area contributed by atoms with Crippen LogP contribution in [0.25, 0.3) is 6.08 Å². The normalized spacial score (nSPS) is 15.2. The summed E-state index contributed by atoms with van der Waals surface area (Å²) in [6, 6.07) is 18.7. The summed E-state index contributed by atoms with van der Waals surface area (Å²) >= 11 is 7.49. The first-order valence-electron chi connectivity index (χ1n) is 11.4. The molecular weight excluding hydrogens is 498 g/mol. The highest BCUT2D eigenvalue weighted by molar-refractivity contribution is 8.14. The molecular formula is C27H26ClN3O4S. The zero-order chi connectivity index (χ0) is 25.5. The quantitative estimate of drug-likeness (QED) is 0.371. The fraction of sp³-hybridized carbons (Fsp3) is 0.222. The molecule has 1 aromatic heterocycles. The van der Waals surface area contributed by atoms with Gasteiger partial charge in [-0.2, -0.15) is 0 Å². The number of amidine groups is 1. The lowest BCUT2D eigenvalue weighted by Gasteiger charge is -2.19. The van der Waals surface area contributed by atoms with E-state index in [1.54, 1.807) is 36.4 Å². The number of halogens is 1. The second-order valence-electron chi connectivity index (χ2n) is 8.18. The van der Waals surface area contributed by atoms with Gasteiger partial charge in [-0.3, -0.25) is 14.5 Å². The van der Waals surface area contributed by atoms with Gasteiger partial charge in [-0.05, 0) is 55.7 Å². The lowest BCUT2D eigenvalue weighted by Crippen LogP contribution is -2.36. The SMILES string of the molecule is COc1ccc(N2C(=O)/C(=C/c3ccco3)N=C2SCC(=O)NC(C)CCc2ccccc2)cc1Cl. The molecule has 0 saturated heterocycles. The monoisotopic (exact) mass is 523 g/mol. The molecule has 186 valence electrons. The second-order valence-corrected chi connectivity index (χ2v) is 9.53. The van der Waals surface area contributed by atoms with Crippen molar-refractivity contribution in [1.82, 2.24) is 5.32 Å². The largest absolute Gasteiger partial charge is 0.495 e. The molecule has 1 atom stereocenters. The lowest BCUT2D eigenvalue weighted by molar-refractivity contribution is -0.119. The maximum atomic E-state index is 13.3. The van der Waals surface area contributed by atoms with Crippen LogP contribution in [0, 0.1) is 0 Å². The van der Waals surface area contributed by atoms with E-state index < -0.39 is 0 Å². The van der Waals surface area contributed by atoms with Gasteiger partial charge in [0, 0.05) is 12.1 Å². The van der Waals surface area contributed by atoms with Gasteiger partial charge in [-0.15, -0.1) is 0 Å². The van der Waals surface area contributed by atoms with Crippen molar-refractivity contribution in [2.75, 3.05) is 17.8 Å². The second kappa shape index (κ2) is 12.0. The summed E-state index contributed by atoms with van der Waals surface area (Å²) in [4.78, 5) is 31.9. The van der Waals surface area contributed by atoms with Crippen molar-refractivity contribution in [3.05, 3.63) is 89.0 Å². The number of amides is 2. The predicted molar refractivity (Wildman–Crippen MR) is 144 cm³/mol. The van der Waals surface area contributed by atoms with Crippen LogP contribution in [0.1, 0.15) is 24.7 Å². The average molecular weight is 524 g/mol. The van der Waals surface area contributed by atoms with Crippen LogP contribution in [0.2, 0.25) is 5.02 Å². The van der Waals surface area contributed by atoms with Gasteiger partial charge in [0.15, 0.2) is 5.17 Å². The number of methoxy groups -OCH3 is 1. The number of ether oxygens (including phenoxy) is 1. The standard InChI is InChI=1S/C27H26ClN3O4S/c1-18(10-11-19-7-4-3-5-8-19)29-25(32)17-36-27-30-23(16-21-9-6-14-35-21)26(33)31(27)20-12-13-24(34-2)22(28)15-20/h3-9,12-16,18H,10-11,17H2,1-2H3,(H,29,32)/b23-16-. The first-order valence-corrected chi connectivity index (χ1v) is 12.8.